The van der Waals surface area contributed by atoms with Crippen LogP contribution in [0.5, 0.6) is 0 Å². The van der Waals surface area contributed by atoms with Crippen LogP contribution in [0.4, 0.5) is 0 Å². The highest BCUT2D eigenvalue weighted by Gasteiger charge is 2.19. The molecule has 0 atom stereocenters. The summed E-state index contributed by atoms with van der Waals surface area (Å²) in [6.07, 6.45) is 2.88. The molecule has 0 unspecified atom stereocenters. The van der Waals surface area contributed by atoms with Crippen molar-refractivity contribution >= 4 is 11.9 Å². The van der Waals surface area contributed by atoms with Crippen LogP contribution in [0.2, 0.25) is 0 Å². The minimum atomic E-state index is -0.524. The molecular formula is C21H24O4. The van der Waals surface area contributed by atoms with Crippen molar-refractivity contribution in [3.8, 4) is 0 Å². The lowest BCUT2D eigenvalue weighted by Gasteiger charge is -2.10. The Morgan fingerprint density at radius 1 is 0.840 bits per heavy atom. The molecule has 2 aromatic carbocycles. The van der Waals surface area contributed by atoms with Gasteiger partial charge in [-0.15, -0.1) is 0 Å². The number of hydrogen-bond acceptors (Lipinski definition) is 4. The van der Waals surface area contributed by atoms with Gasteiger partial charge in [-0.2, -0.15) is 0 Å². The Morgan fingerprint density at radius 3 is 2.08 bits per heavy atom. The van der Waals surface area contributed by atoms with Gasteiger partial charge in [-0.3, -0.25) is 0 Å². The Hall–Kier alpha value is -2.62. The fourth-order valence-electron chi connectivity index (χ4n) is 2.43. The van der Waals surface area contributed by atoms with E-state index in [2.05, 4.69) is 6.92 Å². The lowest BCUT2D eigenvalue weighted by atomic mass is 10.1. The molecule has 0 radical (unpaired) electrons. The molecule has 0 amide bonds. The molecule has 0 spiro atoms. The molecule has 2 aromatic rings. The molecule has 0 bridgehead atoms. The van der Waals surface area contributed by atoms with Gasteiger partial charge in [0.15, 0.2) is 0 Å². The highest BCUT2D eigenvalue weighted by molar-refractivity contribution is 6.03. The molecule has 4 heteroatoms. The summed E-state index contributed by atoms with van der Waals surface area (Å²) in [5.41, 5.74) is 2.47. The maximum absolute atomic E-state index is 12.4. The molecule has 2 rings (SSSR count). The van der Waals surface area contributed by atoms with E-state index in [-0.39, 0.29) is 17.7 Å². The molecular weight excluding hydrogens is 316 g/mol. The van der Waals surface area contributed by atoms with Gasteiger partial charge in [0.1, 0.15) is 6.61 Å². The van der Waals surface area contributed by atoms with E-state index in [0.29, 0.717) is 6.61 Å². The Balaban J connectivity index is 2.02. The van der Waals surface area contributed by atoms with Gasteiger partial charge in [-0.1, -0.05) is 56.2 Å². The Morgan fingerprint density at radius 2 is 1.44 bits per heavy atom. The van der Waals surface area contributed by atoms with Gasteiger partial charge in [0.2, 0.25) is 0 Å². The second kappa shape index (κ2) is 9.62. The topological polar surface area (TPSA) is 52.6 Å². The number of benzene rings is 2. The summed E-state index contributed by atoms with van der Waals surface area (Å²) in [7, 11) is 0. The third-order valence-electron chi connectivity index (χ3n) is 3.97. The highest BCUT2D eigenvalue weighted by atomic mass is 16.5. The summed E-state index contributed by atoms with van der Waals surface area (Å²) in [4.78, 5) is 24.6. The predicted molar refractivity (Wildman–Crippen MR) is 96.5 cm³/mol. The van der Waals surface area contributed by atoms with Crippen molar-refractivity contribution in [2.45, 2.75) is 39.7 Å². The van der Waals surface area contributed by atoms with Crippen molar-refractivity contribution in [3.05, 3.63) is 70.8 Å². The molecule has 0 N–H and O–H groups in total. The average molecular weight is 340 g/mol. The SMILES string of the molecule is CCCCCOC(=O)c1ccccc1C(=O)OCc1ccccc1C. The third-order valence-corrected chi connectivity index (χ3v) is 3.97. The van der Waals surface area contributed by atoms with Gasteiger partial charge in [0.25, 0.3) is 0 Å². The largest absolute Gasteiger partial charge is 0.462 e. The van der Waals surface area contributed by atoms with Crippen molar-refractivity contribution in [3.63, 3.8) is 0 Å². The van der Waals surface area contributed by atoms with E-state index >= 15 is 0 Å². The number of aryl methyl sites for hydroxylation is 1. The molecule has 0 aliphatic rings. The maximum atomic E-state index is 12.4. The normalized spacial score (nSPS) is 10.3. The van der Waals surface area contributed by atoms with E-state index in [9.17, 15) is 9.59 Å². The third kappa shape index (κ3) is 5.45. The van der Waals surface area contributed by atoms with Crippen molar-refractivity contribution < 1.29 is 19.1 Å². The number of esters is 2. The van der Waals surface area contributed by atoms with Gasteiger partial charge >= 0.3 is 11.9 Å². The molecule has 25 heavy (non-hydrogen) atoms. The molecule has 0 aliphatic carbocycles. The van der Waals surface area contributed by atoms with E-state index in [1.54, 1.807) is 24.3 Å². The minimum Gasteiger partial charge on any atom is -0.462 e. The van der Waals surface area contributed by atoms with E-state index in [1.165, 1.54) is 0 Å². The number of carbonyl (C=O) groups is 2. The van der Waals surface area contributed by atoms with Crippen molar-refractivity contribution in [1.29, 1.82) is 0 Å². The Bertz CT molecular complexity index is 721. The molecule has 0 fully saturated rings. The summed E-state index contributed by atoms with van der Waals surface area (Å²) < 4.78 is 10.6. The van der Waals surface area contributed by atoms with Crippen LogP contribution in [0.25, 0.3) is 0 Å². The van der Waals surface area contributed by atoms with Gasteiger partial charge in [-0.05, 0) is 36.6 Å². The second-order valence-corrected chi connectivity index (χ2v) is 5.89. The summed E-state index contributed by atoms with van der Waals surface area (Å²) in [6, 6.07) is 14.3. The second-order valence-electron chi connectivity index (χ2n) is 5.89. The van der Waals surface area contributed by atoms with Crippen molar-refractivity contribution in [2.24, 2.45) is 0 Å². The van der Waals surface area contributed by atoms with E-state index < -0.39 is 11.9 Å². The van der Waals surface area contributed by atoms with Crippen LogP contribution in [-0.2, 0) is 16.1 Å². The van der Waals surface area contributed by atoms with Gasteiger partial charge < -0.3 is 9.47 Å². The Kier molecular flexibility index (Phi) is 7.20. The van der Waals surface area contributed by atoms with E-state index in [0.717, 1.165) is 30.4 Å². The first-order chi connectivity index (χ1) is 12.1. The van der Waals surface area contributed by atoms with Crippen LogP contribution in [0.3, 0.4) is 0 Å². The molecule has 0 heterocycles. The van der Waals surface area contributed by atoms with Crippen LogP contribution < -0.4 is 0 Å². The van der Waals surface area contributed by atoms with Crippen LogP contribution in [0.15, 0.2) is 48.5 Å². The zero-order valence-electron chi connectivity index (χ0n) is 14.8. The molecule has 0 saturated carbocycles. The van der Waals surface area contributed by atoms with Crippen molar-refractivity contribution in [2.75, 3.05) is 6.61 Å². The molecule has 0 aromatic heterocycles. The smallest absolute Gasteiger partial charge is 0.339 e. The number of unbranched alkanes of at least 4 members (excludes halogenated alkanes) is 2. The minimum absolute atomic E-state index is 0.172. The highest BCUT2D eigenvalue weighted by Crippen LogP contribution is 2.15. The van der Waals surface area contributed by atoms with Gasteiger partial charge in [0.05, 0.1) is 17.7 Å². The van der Waals surface area contributed by atoms with E-state index in [4.69, 9.17) is 9.47 Å². The van der Waals surface area contributed by atoms with Crippen LogP contribution in [-0.4, -0.2) is 18.5 Å². The first kappa shape index (κ1) is 18.7. The summed E-state index contributed by atoms with van der Waals surface area (Å²) in [6.45, 7) is 4.58. The number of rotatable bonds is 8. The van der Waals surface area contributed by atoms with Crippen LogP contribution >= 0.6 is 0 Å². The molecule has 132 valence electrons. The molecule has 0 saturated heterocycles. The average Bonchev–Trinajstić information content (AvgIpc) is 2.64. The summed E-state index contributed by atoms with van der Waals surface area (Å²) in [5.74, 6) is -1.01. The first-order valence-electron chi connectivity index (χ1n) is 8.61. The zero-order chi connectivity index (χ0) is 18.1. The van der Waals surface area contributed by atoms with Crippen LogP contribution in [0, 0.1) is 6.92 Å². The lowest BCUT2D eigenvalue weighted by molar-refractivity contribution is 0.0436. The van der Waals surface area contributed by atoms with Crippen molar-refractivity contribution in [1.82, 2.24) is 0 Å². The zero-order valence-corrected chi connectivity index (χ0v) is 14.8. The summed E-state index contributed by atoms with van der Waals surface area (Å²) in [5, 5.41) is 0. The Labute approximate surface area is 148 Å². The maximum Gasteiger partial charge on any atom is 0.339 e. The predicted octanol–water partition coefficient (Wildman–Crippen LogP) is 4.70. The van der Waals surface area contributed by atoms with E-state index in [1.807, 2.05) is 31.2 Å². The number of ether oxygens (including phenoxy) is 2. The number of hydrogen-bond donors (Lipinski definition) is 0. The van der Waals surface area contributed by atoms with Gasteiger partial charge in [-0.25, -0.2) is 9.59 Å². The monoisotopic (exact) mass is 340 g/mol. The fraction of sp³-hybridized carbons (Fsp3) is 0.333. The molecule has 4 nitrogen and oxygen atoms in total. The first-order valence-corrected chi connectivity index (χ1v) is 8.61. The molecule has 0 aliphatic heterocycles. The summed E-state index contributed by atoms with van der Waals surface area (Å²) >= 11 is 0. The standard InChI is InChI=1S/C21H24O4/c1-3-4-9-14-24-20(22)18-12-7-8-13-19(18)21(23)25-15-17-11-6-5-10-16(17)2/h5-8,10-13H,3-4,9,14-15H2,1-2H3. The fourth-order valence-corrected chi connectivity index (χ4v) is 2.43. The lowest BCUT2D eigenvalue weighted by Crippen LogP contribution is -2.14. The van der Waals surface area contributed by atoms with Crippen LogP contribution in [0.1, 0.15) is 58.0 Å². The number of carbonyl (C=O) groups excluding carboxylic acids is 2. The quantitative estimate of drug-likeness (QED) is 0.516. The van der Waals surface area contributed by atoms with Gasteiger partial charge in [0, 0.05) is 0 Å².